The fourth-order valence-electron chi connectivity index (χ4n) is 3.95. The molecule has 1 amide bonds. The zero-order valence-electron chi connectivity index (χ0n) is 18.9. The molecule has 2 heterocycles. The minimum Gasteiger partial charge on any atom is -0.494 e. The molecule has 32 heavy (non-hydrogen) atoms. The Balaban J connectivity index is 1.40. The van der Waals surface area contributed by atoms with E-state index in [-0.39, 0.29) is 5.91 Å². The zero-order valence-corrected chi connectivity index (χ0v) is 18.9. The highest BCUT2D eigenvalue weighted by molar-refractivity contribution is 5.91. The van der Waals surface area contributed by atoms with E-state index < -0.39 is 0 Å². The Morgan fingerprint density at radius 2 is 1.84 bits per heavy atom. The molecular formula is C26H29N3O3. The average Bonchev–Trinajstić information content (AvgIpc) is 3.41. The van der Waals surface area contributed by atoms with Gasteiger partial charge in [-0.05, 0) is 74.2 Å². The summed E-state index contributed by atoms with van der Waals surface area (Å²) in [4.78, 5) is 19.0. The monoisotopic (exact) mass is 431 g/mol. The molecule has 2 aromatic heterocycles. The molecule has 0 saturated carbocycles. The number of benzene rings is 2. The van der Waals surface area contributed by atoms with Crippen LogP contribution in [-0.4, -0.2) is 34.0 Å². The number of para-hydroxylation sites is 2. The lowest BCUT2D eigenvalue weighted by atomic mass is 10.1. The Morgan fingerprint density at radius 3 is 2.59 bits per heavy atom. The van der Waals surface area contributed by atoms with Crippen molar-refractivity contribution in [1.29, 1.82) is 0 Å². The Hall–Kier alpha value is -3.54. The van der Waals surface area contributed by atoms with Crippen LogP contribution in [0.3, 0.4) is 0 Å². The molecule has 0 saturated heterocycles. The summed E-state index contributed by atoms with van der Waals surface area (Å²) in [6.07, 6.45) is 3.39. The van der Waals surface area contributed by atoms with Crippen molar-refractivity contribution >= 4 is 16.9 Å². The highest BCUT2D eigenvalue weighted by atomic mass is 16.5. The van der Waals surface area contributed by atoms with Crippen LogP contribution in [0, 0.1) is 13.8 Å². The summed E-state index contributed by atoms with van der Waals surface area (Å²) < 4.78 is 13.4. The van der Waals surface area contributed by atoms with Crippen molar-refractivity contribution in [2.75, 3.05) is 13.7 Å². The van der Waals surface area contributed by atoms with Crippen molar-refractivity contribution in [2.45, 2.75) is 39.8 Å². The predicted molar refractivity (Wildman–Crippen MR) is 125 cm³/mol. The number of unbranched alkanes of at least 4 members (excludes halogenated alkanes) is 1. The number of carbonyl (C=O) groups is 1. The van der Waals surface area contributed by atoms with Crippen LogP contribution < -0.4 is 4.74 Å². The summed E-state index contributed by atoms with van der Waals surface area (Å²) >= 11 is 0. The van der Waals surface area contributed by atoms with Crippen LogP contribution in [0.2, 0.25) is 0 Å². The standard InChI is InChI=1S/C26H29N3O3/c1-19-15-20(2)17-21(16-19)31-13-7-6-12-29-23-10-5-4-9-22(23)27-25(29)18-28(3)26(30)24-11-8-14-32-24/h4-5,8-11,14-17H,6-7,12-13,18H2,1-3H3. The molecule has 0 bridgehead atoms. The van der Waals surface area contributed by atoms with Gasteiger partial charge in [-0.2, -0.15) is 0 Å². The van der Waals surface area contributed by atoms with Crippen LogP contribution in [0.25, 0.3) is 11.0 Å². The summed E-state index contributed by atoms with van der Waals surface area (Å²) in [6, 6.07) is 17.8. The SMILES string of the molecule is Cc1cc(C)cc(OCCCCn2c(CN(C)C(=O)c3ccco3)nc3ccccc32)c1. The Bertz CT molecular complexity index is 1170. The molecular weight excluding hydrogens is 402 g/mol. The Kier molecular flexibility index (Phi) is 6.59. The van der Waals surface area contributed by atoms with Crippen molar-refractivity contribution in [3.63, 3.8) is 0 Å². The van der Waals surface area contributed by atoms with Gasteiger partial charge in [-0.25, -0.2) is 4.98 Å². The van der Waals surface area contributed by atoms with E-state index >= 15 is 0 Å². The normalized spacial score (nSPS) is 11.1. The lowest BCUT2D eigenvalue weighted by molar-refractivity contribution is 0.0748. The van der Waals surface area contributed by atoms with Gasteiger partial charge in [0.1, 0.15) is 11.6 Å². The molecule has 0 unspecified atom stereocenters. The van der Waals surface area contributed by atoms with Crippen molar-refractivity contribution in [1.82, 2.24) is 14.5 Å². The number of furan rings is 1. The third-order valence-corrected chi connectivity index (χ3v) is 5.43. The zero-order chi connectivity index (χ0) is 22.5. The first-order valence-corrected chi connectivity index (χ1v) is 11.0. The highest BCUT2D eigenvalue weighted by Gasteiger charge is 2.18. The molecule has 0 N–H and O–H groups in total. The molecule has 166 valence electrons. The van der Waals surface area contributed by atoms with Gasteiger partial charge in [0, 0.05) is 13.6 Å². The molecule has 6 heteroatoms. The summed E-state index contributed by atoms with van der Waals surface area (Å²) in [7, 11) is 1.77. The largest absolute Gasteiger partial charge is 0.494 e. The lowest BCUT2D eigenvalue weighted by Crippen LogP contribution is -2.27. The quantitative estimate of drug-likeness (QED) is 0.334. The van der Waals surface area contributed by atoms with E-state index in [9.17, 15) is 4.79 Å². The van der Waals surface area contributed by atoms with Crippen molar-refractivity contribution in [2.24, 2.45) is 0 Å². The molecule has 0 spiro atoms. The first-order chi connectivity index (χ1) is 15.5. The number of fused-ring (bicyclic) bond motifs is 1. The van der Waals surface area contributed by atoms with E-state index in [0.29, 0.717) is 18.9 Å². The number of ether oxygens (including phenoxy) is 1. The number of rotatable bonds is 9. The number of nitrogens with zero attached hydrogens (tertiary/aromatic N) is 3. The Morgan fingerprint density at radius 1 is 1.06 bits per heavy atom. The van der Waals surface area contributed by atoms with E-state index in [2.05, 4.69) is 42.7 Å². The first-order valence-electron chi connectivity index (χ1n) is 11.0. The van der Waals surface area contributed by atoms with Crippen LogP contribution in [0.1, 0.15) is 40.3 Å². The van der Waals surface area contributed by atoms with Gasteiger partial charge in [-0.3, -0.25) is 4.79 Å². The minimum atomic E-state index is -0.157. The van der Waals surface area contributed by atoms with Crippen LogP contribution in [0.4, 0.5) is 0 Å². The first kappa shape index (κ1) is 21.7. The molecule has 0 radical (unpaired) electrons. The summed E-state index contributed by atoms with van der Waals surface area (Å²) in [5.74, 6) is 1.97. The number of aromatic nitrogens is 2. The highest BCUT2D eigenvalue weighted by Crippen LogP contribution is 2.20. The van der Waals surface area contributed by atoms with Gasteiger partial charge < -0.3 is 18.6 Å². The average molecular weight is 432 g/mol. The van der Waals surface area contributed by atoms with Gasteiger partial charge in [0.05, 0.1) is 30.4 Å². The van der Waals surface area contributed by atoms with Crippen LogP contribution in [-0.2, 0) is 13.1 Å². The van der Waals surface area contributed by atoms with E-state index in [0.717, 1.165) is 42.0 Å². The molecule has 0 fully saturated rings. The minimum absolute atomic E-state index is 0.157. The molecule has 0 aliphatic heterocycles. The third kappa shape index (κ3) is 5.02. The molecule has 4 aromatic rings. The van der Waals surface area contributed by atoms with Gasteiger partial charge in [0.15, 0.2) is 5.76 Å². The van der Waals surface area contributed by atoms with Gasteiger partial charge in [-0.1, -0.05) is 18.2 Å². The van der Waals surface area contributed by atoms with Gasteiger partial charge in [0.2, 0.25) is 0 Å². The third-order valence-electron chi connectivity index (χ3n) is 5.43. The van der Waals surface area contributed by atoms with Gasteiger partial charge in [0.25, 0.3) is 5.91 Å². The smallest absolute Gasteiger partial charge is 0.289 e. The summed E-state index contributed by atoms with van der Waals surface area (Å²) in [6.45, 7) is 6.06. The fourth-order valence-corrected chi connectivity index (χ4v) is 3.95. The van der Waals surface area contributed by atoms with E-state index in [1.54, 1.807) is 24.1 Å². The second kappa shape index (κ2) is 9.73. The topological polar surface area (TPSA) is 60.5 Å². The molecule has 4 rings (SSSR count). The number of imidazole rings is 1. The maximum Gasteiger partial charge on any atom is 0.289 e. The van der Waals surface area contributed by atoms with Gasteiger partial charge >= 0.3 is 0 Å². The molecule has 0 atom stereocenters. The predicted octanol–water partition coefficient (Wildman–Crippen LogP) is 5.38. The second-order valence-corrected chi connectivity index (χ2v) is 8.19. The van der Waals surface area contributed by atoms with Crippen molar-refractivity contribution in [3.8, 4) is 5.75 Å². The number of aryl methyl sites for hydroxylation is 3. The lowest BCUT2D eigenvalue weighted by Gasteiger charge is -2.17. The maximum absolute atomic E-state index is 12.6. The van der Waals surface area contributed by atoms with Crippen LogP contribution in [0.15, 0.2) is 65.3 Å². The molecule has 0 aliphatic carbocycles. The van der Waals surface area contributed by atoms with Crippen molar-refractivity contribution < 1.29 is 13.9 Å². The maximum atomic E-state index is 12.6. The number of amides is 1. The van der Waals surface area contributed by atoms with E-state index in [4.69, 9.17) is 14.1 Å². The second-order valence-electron chi connectivity index (χ2n) is 8.19. The molecule has 6 nitrogen and oxygen atoms in total. The van der Waals surface area contributed by atoms with E-state index in [1.807, 2.05) is 18.2 Å². The number of hydrogen-bond donors (Lipinski definition) is 0. The summed E-state index contributed by atoms with van der Waals surface area (Å²) in [5.41, 5.74) is 4.44. The Labute approximate surface area is 188 Å². The van der Waals surface area contributed by atoms with Crippen LogP contribution >= 0.6 is 0 Å². The molecule has 2 aromatic carbocycles. The van der Waals surface area contributed by atoms with E-state index in [1.165, 1.54) is 17.4 Å². The summed E-state index contributed by atoms with van der Waals surface area (Å²) in [5, 5.41) is 0. The van der Waals surface area contributed by atoms with Gasteiger partial charge in [-0.15, -0.1) is 0 Å². The van der Waals surface area contributed by atoms with Crippen molar-refractivity contribution in [3.05, 3.63) is 83.6 Å². The fraction of sp³-hybridized carbons (Fsp3) is 0.308. The number of hydrogen-bond acceptors (Lipinski definition) is 4. The van der Waals surface area contributed by atoms with Crippen LogP contribution in [0.5, 0.6) is 5.75 Å². The molecule has 0 aliphatic rings. The number of carbonyl (C=O) groups excluding carboxylic acids is 1.